The number of benzene rings is 1. The van der Waals surface area contributed by atoms with Crippen molar-refractivity contribution in [1.82, 2.24) is 20.4 Å². The van der Waals surface area contributed by atoms with Gasteiger partial charge in [0, 0.05) is 38.3 Å². The number of amides is 3. The van der Waals surface area contributed by atoms with Gasteiger partial charge in [-0.1, -0.05) is 43.2 Å². The number of urea groups is 1. The van der Waals surface area contributed by atoms with Gasteiger partial charge in [-0.2, -0.15) is 0 Å². The van der Waals surface area contributed by atoms with Gasteiger partial charge in [-0.3, -0.25) is 9.69 Å². The highest BCUT2D eigenvalue weighted by Gasteiger charge is 2.37. The lowest BCUT2D eigenvalue weighted by Gasteiger charge is -2.41. The highest BCUT2D eigenvalue weighted by Crippen LogP contribution is 2.31. The average molecular weight is 401 g/mol. The van der Waals surface area contributed by atoms with E-state index in [-0.39, 0.29) is 23.5 Å². The molecule has 0 aromatic heterocycles. The smallest absolute Gasteiger partial charge is 0.317 e. The first-order valence-electron chi connectivity index (χ1n) is 11.0. The van der Waals surface area contributed by atoms with Gasteiger partial charge in [-0.25, -0.2) is 4.79 Å². The Morgan fingerprint density at radius 3 is 2.24 bits per heavy atom. The second-order valence-electron chi connectivity index (χ2n) is 9.40. The molecule has 0 radical (unpaired) electrons. The molecule has 1 heterocycles. The number of carbonyl (C=O) groups is 2. The van der Waals surface area contributed by atoms with Crippen molar-refractivity contribution in [3.8, 4) is 0 Å². The second kappa shape index (κ2) is 9.61. The molecule has 1 aromatic rings. The first kappa shape index (κ1) is 21.6. The zero-order valence-electron chi connectivity index (χ0n) is 18.1. The molecule has 1 saturated carbocycles. The number of nitrogens with one attached hydrogen (secondary N) is 2. The summed E-state index contributed by atoms with van der Waals surface area (Å²) < 4.78 is 0. The van der Waals surface area contributed by atoms with Crippen LogP contribution >= 0.6 is 0 Å². The zero-order valence-corrected chi connectivity index (χ0v) is 18.1. The third-order valence-corrected chi connectivity index (χ3v) is 5.90. The van der Waals surface area contributed by atoms with Crippen LogP contribution in [0.4, 0.5) is 4.79 Å². The van der Waals surface area contributed by atoms with Gasteiger partial charge >= 0.3 is 6.03 Å². The van der Waals surface area contributed by atoms with Crippen LogP contribution in [-0.2, 0) is 11.3 Å². The van der Waals surface area contributed by atoms with Gasteiger partial charge in [0.25, 0.3) is 0 Å². The molecule has 1 atom stereocenters. The highest BCUT2D eigenvalue weighted by molar-refractivity contribution is 5.82. The average Bonchev–Trinajstić information content (AvgIpc) is 3.21. The fourth-order valence-corrected chi connectivity index (χ4v) is 4.44. The van der Waals surface area contributed by atoms with Gasteiger partial charge in [0.2, 0.25) is 5.91 Å². The van der Waals surface area contributed by atoms with Crippen LogP contribution in [0.3, 0.4) is 0 Å². The zero-order chi connectivity index (χ0) is 20.9. The van der Waals surface area contributed by atoms with Gasteiger partial charge in [0.15, 0.2) is 0 Å². The van der Waals surface area contributed by atoms with Crippen LogP contribution in [0, 0.1) is 5.92 Å². The molecule has 2 fully saturated rings. The van der Waals surface area contributed by atoms with Gasteiger partial charge in [0.05, 0.1) is 6.04 Å². The van der Waals surface area contributed by atoms with Crippen molar-refractivity contribution in [1.29, 1.82) is 0 Å². The van der Waals surface area contributed by atoms with Crippen LogP contribution in [0.1, 0.15) is 52.0 Å². The quantitative estimate of drug-likeness (QED) is 0.799. The summed E-state index contributed by atoms with van der Waals surface area (Å²) in [7, 11) is 0. The van der Waals surface area contributed by atoms with Crippen molar-refractivity contribution in [2.75, 3.05) is 26.2 Å². The first-order chi connectivity index (χ1) is 13.8. The minimum atomic E-state index is -0.238. The van der Waals surface area contributed by atoms with Gasteiger partial charge < -0.3 is 15.5 Å². The van der Waals surface area contributed by atoms with Crippen molar-refractivity contribution in [3.05, 3.63) is 35.9 Å². The SMILES string of the molecule is CC(C)(C)NC(=O)N1CCN(C(C(=O)NCc2ccccc2)C2CCCC2)CC1. The molecule has 2 aliphatic rings. The highest BCUT2D eigenvalue weighted by atomic mass is 16.2. The van der Waals surface area contributed by atoms with Crippen molar-refractivity contribution in [3.63, 3.8) is 0 Å². The van der Waals surface area contributed by atoms with Crippen LogP contribution in [0.2, 0.25) is 0 Å². The molecule has 0 bridgehead atoms. The molecule has 1 unspecified atom stereocenters. The molecule has 1 aromatic carbocycles. The first-order valence-corrected chi connectivity index (χ1v) is 11.0. The molecule has 160 valence electrons. The summed E-state index contributed by atoms with van der Waals surface area (Å²) in [5, 5.41) is 6.20. The number of carbonyl (C=O) groups excluding carboxylic acids is 2. The Kier molecular flexibility index (Phi) is 7.17. The summed E-state index contributed by atoms with van der Waals surface area (Å²) in [6, 6.07) is 9.96. The molecule has 3 rings (SSSR count). The van der Waals surface area contributed by atoms with Crippen molar-refractivity contribution >= 4 is 11.9 Å². The molecule has 6 heteroatoms. The summed E-state index contributed by atoms with van der Waals surface area (Å²) in [4.78, 5) is 29.8. The number of hydrogen-bond donors (Lipinski definition) is 2. The van der Waals surface area contributed by atoms with Crippen molar-refractivity contribution in [2.45, 2.75) is 64.6 Å². The minimum absolute atomic E-state index is 0.0110. The Hall–Kier alpha value is -2.08. The minimum Gasteiger partial charge on any atom is -0.351 e. The monoisotopic (exact) mass is 400 g/mol. The Balaban J connectivity index is 1.59. The van der Waals surface area contributed by atoms with Crippen LogP contribution in [-0.4, -0.2) is 59.5 Å². The molecule has 0 spiro atoms. The van der Waals surface area contributed by atoms with E-state index in [1.54, 1.807) is 0 Å². The van der Waals surface area contributed by atoms with Gasteiger partial charge in [-0.05, 0) is 45.1 Å². The maximum Gasteiger partial charge on any atom is 0.317 e. The lowest BCUT2D eigenvalue weighted by atomic mass is 9.95. The number of rotatable bonds is 5. The molecular formula is C23H36N4O2. The molecule has 1 aliphatic carbocycles. The third-order valence-electron chi connectivity index (χ3n) is 5.90. The molecule has 1 saturated heterocycles. The van der Waals surface area contributed by atoms with E-state index >= 15 is 0 Å². The van der Waals surface area contributed by atoms with Crippen LogP contribution < -0.4 is 10.6 Å². The number of piperazine rings is 1. The lowest BCUT2D eigenvalue weighted by molar-refractivity contribution is -0.129. The fourth-order valence-electron chi connectivity index (χ4n) is 4.44. The molecule has 2 N–H and O–H groups in total. The van der Waals surface area contributed by atoms with E-state index in [9.17, 15) is 9.59 Å². The van der Waals surface area contributed by atoms with E-state index in [1.807, 2.05) is 56.0 Å². The predicted molar refractivity (Wildman–Crippen MR) is 115 cm³/mol. The van der Waals surface area contributed by atoms with E-state index in [0.29, 0.717) is 25.6 Å². The Morgan fingerprint density at radius 1 is 1.03 bits per heavy atom. The summed E-state index contributed by atoms with van der Waals surface area (Å²) in [6.07, 6.45) is 4.66. The molecule has 29 heavy (non-hydrogen) atoms. The maximum atomic E-state index is 13.2. The third kappa shape index (κ3) is 6.20. The van der Waals surface area contributed by atoms with Crippen molar-refractivity contribution < 1.29 is 9.59 Å². The van der Waals surface area contributed by atoms with E-state index in [2.05, 4.69) is 15.5 Å². The Bertz CT molecular complexity index is 672. The van der Waals surface area contributed by atoms with E-state index in [0.717, 1.165) is 31.5 Å². The molecule has 6 nitrogen and oxygen atoms in total. The van der Waals surface area contributed by atoms with Gasteiger partial charge in [0.1, 0.15) is 0 Å². The van der Waals surface area contributed by atoms with E-state index < -0.39 is 0 Å². The predicted octanol–water partition coefficient (Wildman–Crippen LogP) is 2.99. The molecular weight excluding hydrogens is 364 g/mol. The number of hydrogen-bond acceptors (Lipinski definition) is 3. The molecule has 1 aliphatic heterocycles. The largest absolute Gasteiger partial charge is 0.351 e. The fraction of sp³-hybridized carbons (Fsp3) is 0.652. The maximum absolute atomic E-state index is 13.2. The Labute approximate surface area is 175 Å². The normalized spacial score (nSPS) is 19.8. The number of nitrogens with zero attached hydrogens (tertiary/aromatic N) is 2. The van der Waals surface area contributed by atoms with E-state index in [4.69, 9.17) is 0 Å². The van der Waals surface area contributed by atoms with Gasteiger partial charge in [-0.15, -0.1) is 0 Å². The van der Waals surface area contributed by atoms with E-state index in [1.165, 1.54) is 12.8 Å². The lowest BCUT2D eigenvalue weighted by Crippen LogP contribution is -2.60. The van der Waals surface area contributed by atoms with Crippen LogP contribution in [0.15, 0.2) is 30.3 Å². The Morgan fingerprint density at radius 2 is 1.66 bits per heavy atom. The standard InChI is InChI=1S/C23H36N4O2/c1-23(2,3)25-22(29)27-15-13-26(14-16-27)20(19-11-7-8-12-19)21(28)24-17-18-9-5-4-6-10-18/h4-6,9-10,19-20H,7-8,11-17H2,1-3H3,(H,24,28)(H,25,29). The second-order valence-corrected chi connectivity index (χ2v) is 9.40. The summed E-state index contributed by atoms with van der Waals surface area (Å²) >= 11 is 0. The van der Waals surface area contributed by atoms with Crippen LogP contribution in [0.5, 0.6) is 0 Å². The molecule has 3 amide bonds. The van der Waals surface area contributed by atoms with Crippen molar-refractivity contribution in [2.24, 2.45) is 5.92 Å². The topological polar surface area (TPSA) is 64.7 Å². The summed E-state index contributed by atoms with van der Waals surface area (Å²) in [5.41, 5.74) is 0.882. The summed E-state index contributed by atoms with van der Waals surface area (Å²) in [5.74, 6) is 0.550. The summed E-state index contributed by atoms with van der Waals surface area (Å²) in [6.45, 7) is 9.37. The van der Waals surface area contributed by atoms with Crippen LogP contribution in [0.25, 0.3) is 0 Å².